The third kappa shape index (κ3) is 1.28. The Balaban J connectivity index is 2.42. The second-order valence-electron chi connectivity index (χ2n) is 2.78. The Hall–Kier alpha value is -1.08. The molecular weight excluding hydrogens is 226 g/mol. The Kier molecular flexibility index (Phi) is 2.20. The Morgan fingerprint density at radius 2 is 2.43 bits per heavy atom. The van der Waals surface area contributed by atoms with E-state index in [9.17, 15) is 13.8 Å². The zero-order valence-corrected chi connectivity index (χ0v) is 8.43. The van der Waals surface area contributed by atoms with Gasteiger partial charge < -0.3 is 5.11 Å². The van der Waals surface area contributed by atoms with Crippen molar-refractivity contribution in [1.29, 1.82) is 0 Å². The lowest BCUT2D eigenvalue weighted by molar-refractivity contribution is -0.145. The largest absolute Gasteiger partial charge is 0.477 e. The molecule has 0 aromatic carbocycles. The minimum absolute atomic E-state index is 0.0941. The number of carboxylic acid groups (broad SMARTS) is 1. The molecule has 5 nitrogen and oxygen atoms in total. The number of carbonyl (C=O) groups is 2. The van der Waals surface area contributed by atoms with Gasteiger partial charge in [0.15, 0.2) is 0 Å². The summed E-state index contributed by atoms with van der Waals surface area (Å²) in [6.07, 6.45) is 1.55. The van der Waals surface area contributed by atoms with E-state index in [1.54, 1.807) is 0 Å². The molecule has 1 saturated heterocycles. The third-order valence-electron chi connectivity index (χ3n) is 1.97. The van der Waals surface area contributed by atoms with Crippen LogP contribution in [0.15, 0.2) is 11.8 Å². The fourth-order valence-corrected chi connectivity index (χ4v) is 2.99. The molecule has 0 radical (unpaired) electrons. The summed E-state index contributed by atoms with van der Waals surface area (Å²) in [5, 5.41) is 8.60. The van der Waals surface area contributed by atoms with Gasteiger partial charge in [0.1, 0.15) is 21.1 Å². The Morgan fingerprint density at radius 1 is 1.71 bits per heavy atom. The number of amides is 1. The molecule has 0 unspecified atom stereocenters. The Morgan fingerprint density at radius 3 is 2.93 bits per heavy atom. The lowest BCUT2D eigenvalue weighted by atomic mass is 10.1. The minimum Gasteiger partial charge on any atom is -0.477 e. The van der Waals surface area contributed by atoms with E-state index < -0.39 is 5.97 Å². The average Bonchev–Trinajstić information content (AvgIpc) is 2.14. The van der Waals surface area contributed by atoms with Gasteiger partial charge in [-0.05, 0) is 6.08 Å². The summed E-state index contributed by atoms with van der Waals surface area (Å²) in [5.74, 6) is -1.37. The number of thioether (sulfide) groups is 1. The van der Waals surface area contributed by atoms with Crippen molar-refractivity contribution in [3.63, 3.8) is 0 Å². The molecule has 7 heteroatoms. The molecule has 0 saturated carbocycles. The fourth-order valence-electron chi connectivity index (χ4n) is 1.33. The number of nitrogens with zero attached hydrogens (tertiary/aromatic N) is 1. The van der Waals surface area contributed by atoms with E-state index in [2.05, 4.69) is 0 Å². The molecule has 2 aliphatic rings. The Bertz CT molecular complexity index is 410. The highest BCUT2D eigenvalue weighted by molar-refractivity contribution is 8.22. The van der Waals surface area contributed by atoms with Gasteiger partial charge in [-0.2, -0.15) is 0 Å². The number of β-lactam (4-membered cyclic amide) rings is 1. The zero-order valence-electron chi connectivity index (χ0n) is 6.80. The van der Waals surface area contributed by atoms with Gasteiger partial charge in [-0.1, -0.05) is 11.8 Å². The second-order valence-corrected chi connectivity index (χ2v) is 4.86. The first kappa shape index (κ1) is 9.47. The predicted octanol–water partition coefficient (Wildman–Crippen LogP) is -0.397. The first-order valence-corrected chi connectivity index (χ1v) is 5.36. The van der Waals surface area contributed by atoms with Crippen LogP contribution in [0.1, 0.15) is 6.42 Å². The third-order valence-corrected chi connectivity index (χ3v) is 3.75. The zero-order chi connectivity index (χ0) is 10.3. The van der Waals surface area contributed by atoms with E-state index in [1.165, 1.54) is 22.7 Å². The monoisotopic (exact) mass is 231 g/mol. The molecule has 0 aromatic rings. The number of aliphatic carboxylic acids is 1. The van der Waals surface area contributed by atoms with Gasteiger partial charge in [-0.15, -0.1) is 0 Å². The van der Waals surface area contributed by atoms with Crippen molar-refractivity contribution in [2.75, 3.05) is 0 Å². The molecule has 1 fully saturated rings. The number of fused-ring (bicyclic) bond motifs is 1. The molecule has 14 heavy (non-hydrogen) atoms. The van der Waals surface area contributed by atoms with E-state index in [1.807, 2.05) is 0 Å². The lowest BCUT2D eigenvalue weighted by Gasteiger charge is -2.41. The maximum absolute atomic E-state index is 11.1. The van der Waals surface area contributed by atoms with Crippen LogP contribution in [0.25, 0.3) is 0 Å². The summed E-state index contributed by atoms with van der Waals surface area (Å²) >= 11 is 1.50. The number of carboxylic acids is 1. The van der Waals surface area contributed by atoms with E-state index in [0.717, 1.165) is 0 Å². The molecule has 74 valence electrons. The van der Waals surface area contributed by atoms with E-state index in [4.69, 9.17) is 5.11 Å². The van der Waals surface area contributed by atoms with Crippen molar-refractivity contribution < 1.29 is 18.9 Å². The lowest BCUT2D eigenvalue weighted by Crippen LogP contribution is -2.53. The van der Waals surface area contributed by atoms with Crippen LogP contribution in [0.3, 0.4) is 0 Å². The fraction of sp³-hybridized carbons (Fsp3) is 0.286. The minimum atomic E-state index is -1.17. The van der Waals surface area contributed by atoms with Gasteiger partial charge in [0.2, 0.25) is 5.91 Å². The van der Waals surface area contributed by atoms with Crippen LogP contribution in [0.5, 0.6) is 0 Å². The van der Waals surface area contributed by atoms with Crippen LogP contribution in [-0.4, -0.2) is 35.7 Å². The van der Waals surface area contributed by atoms with Crippen LogP contribution in [0, 0.1) is 0 Å². The molecule has 1 atom stereocenters. The quantitative estimate of drug-likeness (QED) is 0.491. The van der Waals surface area contributed by atoms with E-state index in [-0.39, 0.29) is 28.2 Å². The summed E-state index contributed by atoms with van der Waals surface area (Å²) in [5.41, 5.74) is -0.0941. The van der Waals surface area contributed by atoms with Gasteiger partial charge in [0.25, 0.3) is 0 Å². The van der Waals surface area contributed by atoms with Gasteiger partial charge in [0.05, 0.1) is 11.8 Å². The first-order valence-electron chi connectivity index (χ1n) is 3.74. The molecule has 2 aliphatic heterocycles. The molecule has 2 heterocycles. The summed E-state index contributed by atoms with van der Waals surface area (Å²) < 4.78 is 10.9. The first-order chi connectivity index (χ1) is 6.63. The van der Waals surface area contributed by atoms with Gasteiger partial charge in [-0.25, -0.2) is 9.00 Å². The highest BCUT2D eigenvalue weighted by Gasteiger charge is 2.44. The van der Waals surface area contributed by atoms with Crippen LogP contribution in [0.4, 0.5) is 0 Å². The van der Waals surface area contributed by atoms with E-state index >= 15 is 0 Å². The van der Waals surface area contributed by atoms with Crippen LogP contribution >= 0.6 is 11.8 Å². The van der Waals surface area contributed by atoms with Crippen LogP contribution in [-0.2, 0) is 20.8 Å². The van der Waals surface area contributed by atoms with Crippen molar-refractivity contribution >= 4 is 39.1 Å². The average molecular weight is 231 g/mol. The van der Waals surface area contributed by atoms with Crippen molar-refractivity contribution in [1.82, 2.24) is 4.90 Å². The summed E-state index contributed by atoms with van der Waals surface area (Å²) in [4.78, 5) is 23.1. The summed E-state index contributed by atoms with van der Waals surface area (Å²) in [6.45, 7) is 0. The molecule has 0 bridgehead atoms. The van der Waals surface area contributed by atoms with E-state index in [0.29, 0.717) is 10.6 Å². The smallest absolute Gasteiger partial charge is 0.352 e. The molecule has 2 rings (SSSR count). The van der Waals surface area contributed by atoms with Gasteiger partial charge in [0, 0.05) is 0 Å². The molecule has 1 amide bonds. The maximum Gasteiger partial charge on any atom is 0.352 e. The summed E-state index contributed by atoms with van der Waals surface area (Å²) in [7, 11) is 0. The Labute approximate surface area is 86.8 Å². The molecule has 0 aliphatic carbocycles. The van der Waals surface area contributed by atoms with Gasteiger partial charge >= 0.3 is 5.97 Å². The second kappa shape index (κ2) is 3.25. The van der Waals surface area contributed by atoms with Crippen LogP contribution < -0.4 is 0 Å². The standard InChI is InChI=1S/C7H5NO4S2/c9-4-2-5-8(4)3(7(10)11)1-6(13-5)14-12/h1,5H,2H2,(H,10,11)/t5-/m1/s1. The van der Waals surface area contributed by atoms with Crippen LogP contribution in [0.2, 0.25) is 0 Å². The number of rotatable bonds is 1. The number of hydrogen-bond donors (Lipinski definition) is 1. The van der Waals surface area contributed by atoms with Crippen molar-refractivity contribution in [3.8, 4) is 0 Å². The molecular formula is C7H5NO4S2. The number of carbonyl (C=O) groups excluding carboxylic acids is 1. The highest BCUT2D eigenvalue weighted by atomic mass is 32.2. The van der Waals surface area contributed by atoms with Crippen molar-refractivity contribution in [2.24, 2.45) is 0 Å². The normalized spacial score (nSPS) is 25.0. The van der Waals surface area contributed by atoms with Crippen molar-refractivity contribution in [3.05, 3.63) is 11.8 Å². The topological polar surface area (TPSA) is 74.7 Å². The molecule has 0 aromatic heterocycles. The number of hydrogen-bond acceptors (Lipinski definition) is 4. The molecule has 0 spiro atoms. The SMILES string of the molecule is O=S=C1C=C(C(=O)O)N2C(=O)C[C@H]2S1. The van der Waals surface area contributed by atoms with Crippen molar-refractivity contribution in [2.45, 2.75) is 11.8 Å². The maximum atomic E-state index is 11.1. The highest BCUT2D eigenvalue weighted by Crippen LogP contribution is 2.37. The predicted molar refractivity (Wildman–Crippen MR) is 51.7 cm³/mol. The molecule has 1 N–H and O–H groups in total. The van der Waals surface area contributed by atoms with Gasteiger partial charge in [-0.3, -0.25) is 9.69 Å². The summed E-state index contributed by atoms with van der Waals surface area (Å²) in [6, 6.07) is 0.